The molecule has 8 heteroatoms. The number of nitriles is 2. The van der Waals surface area contributed by atoms with Crippen molar-refractivity contribution in [2.75, 3.05) is 4.90 Å². The van der Waals surface area contributed by atoms with Gasteiger partial charge in [-0.25, -0.2) is 0 Å². The number of hydrogen-bond acceptors (Lipinski definition) is 7. The Kier molecular flexibility index (Phi) is 6.24. The van der Waals surface area contributed by atoms with Crippen molar-refractivity contribution in [1.82, 2.24) is 14.5 Å². The van der Waals surface area contributed by atoms with Gasteiger partial charge < -0.3 is 14.0 Å². The van der Waals surface area contributed by atoms with Crippen molar-refractivity contribution in [3.05, 3.63) is 191 Å². The Bertz CT molecular complexity index is 3200. The fourth-order valence-corrected chi connectivity index (χ4v) is 9.30. The summed E-state index contributed by atoms with van der Waals surface area (Å²) in [7, 11) is 0. The molecule has 1 aliphatic carbocycles. The maximum atomic E-state index is 9.84. The van der Waals surface area contributed by atoms with E-state index in [9.17, 15) is 10.5 Å². The highest BCUT2D eigenvalue weighted by molar-refractivity contribution is 6.10. The monoisotopic (exact) mass is 730 g/mol. The molecule has 0 bridgehead atoms. The van der Waals surface area contributed by atoms with Crippen molar-refractivity contribution in [3.63, 3.8) is 0 Å². The molecule has 6 aromatic carbocycles. The quantitative estimate of drug-likeness (QED) is 0.174. The van der Waals surface area contributed by atoms with Crippen molar-refractivity contribution in [3.8, 4) is 52.2 Å². The summed E-state index contributed by atoms with van der Waals surface area (Å²) in [5.41, 5.74) is 11.1. The number of nitrogens with zero attached hydrogens (tertiary/aromatic N) is 6. The van der Waals surface area contributed by atoms with Gasteiger partial charge in [-0.2, -0.15) is 10.5 Å². The lowest BCUT2D eigenvalue weighted by Gasteiger charge is -2.41. The minimum Gasteiger partial charge on any atom is -0.454 e. The topological polar surface area (TPSA) is 100.0 Å². The molecule has 8 nitrogen and oxygen atoms in total. The van der Waals surface area contributed by atoms with Crippen LogP contribution in [0.5, 0.6) is 23.0 Å². The number of para-hydroxylation sites is 6. The van der Waals surface area contributed by atoms with Gasteiger partial charge in [-0.15, -0.1) is 0 Å². The second kappa shape index (κ2) is 11.4. The van der Waals surface area contributed by atoms with Crippen LogP contribution in [0.1, 0.15) is 33.4 Å². The van der Waals surface area contributed by atoms with Gasteiger partial charge in [0, 0.05) is 33.7 Å². The first kappa shape index (κ1) is 31.2. The molecule has 0 fully saturated rings. The van der Waals surface area contributed by atoms with Crippen molar-refractivity contribution in [2.24, 2.45) is 0 Å². The lowest BCUT2D eigenvalue weighted by molar-refractivity contribution is 0.436. The predicted octanol–water partition coefficient (Wildman–Crippen LogP) is 11.4. The lowest BCUT2D eigenvalue weighted by Crippen LogP contribution is -2.33. The van der Waals surface area contributed by atoms with Gasteiger partial charge in [0.1, 0.15) is 5.75 Å². The van der Waals surface area contributed by atoms with Gasteiger partial charge in [0.05, 0.1) is 80.0 Å². The zero-order valence-electron chi connectivity index (χ0n) is 30.0. The van der Waals surface area contributed by atoms with Crippen LogP contribution in [0.4, 0.5) is 17.1 Å². The van der Waals surface area contributed by atoms with E-state index >= 15 is 0 Å². The van der Waals surface area contributed by atoms with Crippen molar-refractivity contribution >= 4 is 38.9 Å². The van der Waals surface area contributed by atoms with Crippen LogP contribution in [0, 0.1) is 22.7 Å². The maximum absolute atomic E-state index is 9.84. The summed E-state index contributed by atoms with van der Waals surface area (Å²) in [6, 6.07) is 53.1. The fraction of sp³-hybridized carbons (Fsp3) is 0.0204. The van der Waals surface area contributed by atoms with E-state index in [0.717, 1.165) is 101 Å². The molecule has 0 amide bonds. The van der Waals surface area contributed by atoms with Gasteiger partial charge in [0.2, 0.25) is 0 Å². The van der Waals surface area contributed by atoms with Crippen LogP contribution in [0.2, 0.25) is 0 Å². The van der Waals surface area contributed by atoms with E-state index in [1.165, 1.54) is 0 Å². The highest BCUT2D eigenvalue weighted by atomic mass is 16.5. The Hall–Kier alpha value is -8.20. The molecular weight excluding hydrogens is 705 g/mol. The van der Waals surface area contributed by atoms with Crippen molar-refractivity contribution in [2.45, 2.75) is 5.41 Å². The molecule has 1 atom stereocenters. The normalized spacial score (nSPS) is 15.3. The first-order valence-corrected chi connectivity index (χ1v) is 18.6. The summed E-state index contributed by atoms with van der Waals surface area (Å²) in [6.07, 6.45) is 3.73. The Labute approximate surface area is 326 Å². The van der Waals surface area contributed by atoms with E-state index in [-0.39, 0.29) is 0 Å². The maximum Gasteiger partial charge on any atom is 0.156 e. The summed E-state index contributed by atoms with van der Waals surface area (Å²) < 4.78 is 15.7. The van der Waals surface area contributed by atoms with E-state index in [1.807, 2.05) is 103 Å². The molecule has 1 spiro atoms. The average molecular weight is 731 g/mol. The van der Waals surface area contributed by atoms with E-state index in [1.54, 1.807) is 0 Å². The third-order valence-corrected chi connectivity index (χ3v) is 11.6. The molecule has 3 aromatic heterocycles. The molecule has 57 heavy (non-hydrogen) atoms. The van der Waals surface area contributed by atoms with Gasteiger partial charge in [-0.3, -0.25) is 14.9 Å². The number of pyridine rings is 2. The third kappa shape index (κ3) is 4.08. The molecule has 0 radical (unpaired) electrons. The van der Waals surface area contributed by atoms with Gasteiger partial charge >= 0.3 is 0 Å². The van der Waals surface area contributed by atoms with Crippen molar-refractivity contribution in [1.29, 1.82) is 10.5 Å². The first-order chi connectivity index (χ1) is 28.2. The van der Waals surface area contributed by atoms with Crippen LogP contribution in [0.3, 0.4) is 0 Å². The SMILES string of the molecule is N#Cc1ccc2c(c1)c1cc(C#N)ccc1n2-c1cnc2c(c1)C1(c3ccccc3Oc3c(N4c5ccccc5Oc5ccccc54)cccc31)c1cccnc1-2. The second-order valence-electron chi connectivity index (χ2n) is 14.4. The Morgan fingerprint density at radius 3 is 1.81 bits per heavy atom. The van der Waals surface area contributed by atoms with Crippen LogP contribution in [0.25, 0.3) is 38.9 Å². The van der Waals surface area contributed by atoms with Crippen molar-refractivity contribution < 1.29 is 9.47 Å². The Morgan fingerprint density at radius 1 is 0.509 bits per heavy atom. The van der Waals surface area contributed by atoms with E-state index in [4.69, 9.17) is 19.4 Å². The van der Waals surface area contributed by atoms with Crippen LogP contribution in [0.15, 0.2) is 158 Å². The zero-order valence-corrected chi connectivity index (χ0v) is 30.0. The van der Waals surface area contributed by atoms with E-state index in [0.29, 0.717) is 11.1 Å². The number of ether oxygens (including phenoxy) is 2. The number of anilines is 3. The summed E-state index contributed by atoms with van der Waals surface area (Å²) >= 11 is 0. The summed E-state index contributed by atoms with van der Waals surface area (Å²) in [6.45, 7) is 0. The fourth-order valence-electron chi connectivity index (χ4n) is 9.30. The zero-order chi connectivity index (χ0) is 37.8. The molecule has 3 aliphatic rings. The molecule has 0 N–H and O–H groups in total. The number of hydrogen-bond donors (Lipinski definition) is 0. The molecule has 12 rings (SSSR count). The number of aromatic nitrogens is 3. The molecule has 2 aliphatic heterocycles. The smallest absolute Gasteiger partial charge is 0.156 e. The molecule has 264 valence electrons. The van der Waals surface area contributed by atoms with E-state index in [2.05, 4.69) is 76.2 Å². The lowest BCUT2D eigenvalue weighted by atomic mass is 9.66. The first-order valence-electron chi connectivity index (χ1n) is 18.6. The van der Waals surface area contributed by atoms with Gasteiger partial charge in [-0.1, -0.05) is 60.7 Å². The van der Waals surface area contributed by atoms with Crippen LogP contribution in [-0.4, -0.2) is 14.5 Å². The van der Waals surface area contributed by atoms with Gasteiger partial charge in [-0.05, 0) is 90.5 Å². The molecular formula is C49H26N6O2. The number of benzene rings is 6. The Morgan fingerprint density at radius 2 is 1.11 bits per heavy atom. The minimum atomic E-state index is -0.867. The number of fused-ring (bicyclic) bond motifs is 14. The average Bonchev–Trinajstić information content (AvgIpc) is 3.75. The van der Waals surface area contributed by atoms with Crippen LogP contribution < -0.4 is 14.4 Å². The summed E-state index contributed by atoms with van der Waals surface area (Å²) in [5, 5.41) is 21.5. The second-order valence-corrected chi connectivity index (χ2v) is 14.4. The molecule has 5 heterocycles. The standard InChI is InChI=1S/C49H26N6O2/c50-26-29-18-20-38-32(23-29)33-24-30(27-51)19-21-39(33)54(38)31-25-37-47(53-28-31)46-35(11-8-22-52-46)49(37)34-9-1-4-15-43(34)57-48-36(49)10-7-14-42(48)55-40-12-2-5-16-44(40)56-45-17-6-3-13-41(45)55/h1-25,28H. The third-order valence-electron chi connectivity index (χ3n) is 11.6. The molecule has 1 unspecified atom stereocenters. The minimum absolute atomic E-state index is 0.549. The molecule has 0 saturated carbocycles. The van der Waals surface area contributed by atoms with Gasteiger partial charge in [0.25, 0.3) is 0 Å². The molecule has 9 aromatic rings. The van der Waals surface area contributed by atoms with Gasteiger partial charge in [0.15, 0.2) is 17.2 Å². The van der Waals surface area contributed by atoms with Crippen LogP contribution in [-0.2, 0) is 5.41 Å². The highest BCUT2D eigenvalue weighted by Crippen LogP contribution is 2.64. The number of rotatable bonds is 2. The molecule has 0 saturated heterocycles. The largest absolute Gasteiger partial charge is 0.454 e. The highest BCUT2D eigenvalue weighted by Gasteiger charge is 2.53. The predicted molar refractivity (Wildman–Crippen MR) is 218 cm³/mol. The van der Waals surface area contributed by atoms with E-state index < -0.39 is 5.41 Å². The summed E-state index contributed by atoms with van der Waals surface area (Å²) in [4.78, 5) is 12.5. The Balaban J connectivity index is 1.17. The summed E-state index contributed by atoms with van der Waals surface area (Å²) in [5.74, 6) is 2.97. The van der Waals surface area contributed by atoms with Crippen LogP contribution >= 0.6 is 0 Å².